The third-order valence-electron chi connectivity index (χ3n) is 2.41. The van der Waals surface area contributed by atoms with Crippen molar-refractivity contribution in [3.05, 3.63) is 0 Å². The Kier molecular flexibility index (Phi) is 9.20. The number of hydrogen-bond donors (Lipinski definition) is 0. The van der Waals surface area contributed by atoms with Crippen molar-refractivity contribution >= 4 is 15.9 Å². The lowest BCUT2D eigenvalue weighted by atomic mass is 10.1. The first-order valence-corrected chi connectivity index (χ1v) is 6.28. The molecule has 0 heterocycles. The van der Waals surface area contributed by atoms with Gasteiger partial charge in [0, 0.05) is 24.5 Å². The highest BCUT2D eigenvalue weighted by molar-refractivity contribution is 9.09. The summed E-state index contributed by atoms with van der Waals surface area (Å²) in [5, 5.41) is 0.982. The van der Waals surface area contributed by atoms with Crippen molar-refractivity contribution in [2.75, 3.05) is 25.1 Å². The highest BCUT2D eigenvalue weighted by Crippen LogP contribution is 2.09. The first kappa shape index (κ1) is 13.4. The van der Waals surface area contributed by atoms with Crippen LogP contribution in [-0.4, -0.2) is 36.0 Å². The molecule has 80 valence electrons. The van der Waals surface area contributed by atoms with Crippen molar-refractivity contribution in [3.63, 3.8) is 0 Å². The molecule has 0 aromatic carbocycles. The van der Waals surface area contributed by atoms with Gasteiger partial charge in [-0.3, -0.25) is 9.29 Å². The number of rotatable bonds is 8. The van der Waals surface area contributed by atoms with E-state index in [-0.39, 0.29) is 6.67 Å². The van der Waals surface area contributed by atoms with Crippen LogP contribution in [0, 0.1) is 0 Å². The van der Waals surface area contributed by atoms with Gasteiger partial charge in [0.05, 0.1) is 6.67 Å². The molecule has 0 amide bonds. The van der Waals surface area contributed by atoms with Crippen LogP contribution in [0.3, 0.4) is 0 Å². The Morgan fingerprint density at radius 2 is 1.85 bits per heavy atom. The molecule has 0 atom stereocenters. The summed E-state index contributed by atoms with van der Waals surface area (Å²) < 4.78 is 12.0. The standard InChI is InChI=1S/C10H21BrFN/c1-3-10(4-2)13(9-6-11)8-5-7-12/h10H,3-9H2,1-2H3. The molecule has 0 N–H and O–H groups in total. The van der Waals surface area contributed by atoms with Crippen LogP contribution in [0.4, 0.5) is 4.39 Å². The molecule has 0 saturated carbocycles. The van der Waals surface area contributed by atoms with Gasteiger partial charge in [-0.15, -0.1) is 0 Å². The molecule has 0 aliphatic heterocycles. The maximum absolute atomic E-state index is 12.0. The van der Waals surface area contributed by atoms with Gasteiger partial charge >= 0.3 is 0 Å². The van der Waals surface area contributed by atoms with E-state index in [1.54, 1.807) is 0 Å². The van der Waals surface area contributed by atoms with E-state index >= 15 is 0 Å². The molecule has 0 rings (SSSR count). The minimum Gasteiger partial charge on any atom is -0.299 e. The fourth-order valence-corrected chi connectivity index (χ4v) is 2.11. The topological polar surface area (TPSA) is 3.24 Å². The molecule has 0 spiro atoms. The monoisotopic (exact) mass is 253 g/mol. The molecule has 0 unspecified atom stereocenters. The third-order valence-corrected chi connectivity index (χ3v) is 2.76. The first-order valence-electron chi connectivity index (χ1n) is 5.16. The molecule has 13 heavy (non-hydrogen) atoms. The summed E-state index contributed by atoms with van der Waals surface area (Å²) in [6.45, 7) is 6.13. The van der Waals surface area contributed by atoms with E-state index in [1.807, 2.05) is 0 Å². The van der Waals surface area contributed by atoms with Gasteiger partial charge in [0.15, 0.2) is 0 Å². The quantitative estimate of drug-likeness (QED) is 0.601. The minimum absolute atomic E-state index is 0.196. The Morgan fingerprint density at radius 1 is 1.23 bits per heavy atom. The molecule has 0 aromatic heterocycles. The Balaban J connectivity index is 3.88. The lowest BCUT2D eigenvalue weighted by Crippen LogP contribution is -2.36. The van der Waals surface area contributed by atoms with Crippen LogP contribution in [0.1, 0.15) is 33.1 Å². The Labute approximate surface area is 89.8 Å². The summed E-state index contributed by atoms with van der Waals surface area (Å²) in [7, 11) is 0. The fraction of sp³-hybridized carbons (Fsp3) is 1.00. The summed E-state index contributed by atoms with van der Waals surface area (Å²) in [5.74, 6) is 0. The Hall–Kier alpha value is 0.370. The maximum atomic E-state index is 12.0. The van der Waals surface area contributed by atoms with Gasteiger partial charge in [-0.1, -0.05) is 29.8 Å². The van der Waals surface area contributed by atoms with E-state index < -0.39 is 0 Å². The van der Waals surface area contributed by atoms with E-state index in [0.29, 0.717) is 12.5 Å². The molecule has 0 aromatic rings. The van der Waals surface area contributed by atoms with Crippen molar-refractivity contribution in [3.8, 4) is 0 Å². The Bertz CT molecular complexity index is 107. The SMILES string of the molecule is CCC(CC)N(CCBr)CCCF. The van der Waals surface area contributed by atoms with Gasteiger partial charge in [0.1, 0.15) is 0 Å². The summed E-state index contributed by atoms with van der Waals surface area (Å²) in [6.07, 6.45) is 3.00. The largest absolute Gasteiger partial charge is 0.299 e. The molecule has 0 aliphatic carbocycles. The second-order valence-corrected chi connectivity index (χ2v) is 4.03. The number of hydrogen-bond acceptors (Lipinski definition) is 1. The van der Waals surface area contributed by atoms with Crippen molar-refractivity contribution < 1.29 is 4.39 Å². The van der Waals surface area contributed by atoms with Gasteiger partial charge in [0.25, 0.3) is 0 Å². The van der Waals surface area contributed by atoms with E-state index in [9.17, 15) is 4.39 Å². The molecule has 0 radical (unpaired) electrons. The summed E-state index contributed by atoms with van der Waals surface area (Å²) in [4.78, 5) is 2.38. The van der Waals surface area contributed by atoms with Crippen LogP contribution in [0.2, 0.25) is 0 Å². The lowest BCUT2D eigenvalue weighted by molar-refractivity contribution is 0.189. The van der Waals surface area contributed by atoms with Crippen molar-refractivity contribution in [1.82, 2.24) is 4.90 Å². The highest BCUT2D eigenvalue weighted by Gasteiger charge is 2.13. The average Bonchev–Trinajstić information content (AvgIpc) is 2.16. The smallest absolute Gasteiger partial charge is 0.0906 e. The zero-order valence-electron chi connectivity index (χ0n) is 8.73. The second kappa shape index (κ2) is 8.95. The molecule has 0 aliphatic rings. The highest BCUT2D eigenvalue weighted by atomic mass is 79.9. The molecular formula is C10H21BrFN. The normalized spacial score (nSPS) is 11.5. The van der Waals surface area contributed by atoms with E-state index in [4.69, 9.17) is 0 Å². The van der Waals surface area contributed by atoms with Crippen molar-refractivity contribution in [2.45, 2.75) is 39.2 Å². The lowest BCUT2D eigenvalue weighted by Gasteiger charge is -2.29. The molecule has 0 fully saturated rings. The van der Waals surface area contributed by atoms with Gasteiger partial charge in [0.2, 0.25) is 0 Å². The molecular weight excluding hydrogens is 233 g/mol. The van der Waals surface area contributed by atoms with Crippen molar-refractivity contribution in [2.24, 2.45) is 0 Å². The molecule has 3 heteroatoms. The van der Waals surface area contributed by atoms with Gasteiger partial charge in [-0.25, -0.2) is 0 Å². The van der Waals surface area contributed by atoms with Gasteiger partial charge < -0.3 is 0 Å². The zero-order valence-corrected chi connectivity index (χ0v) is 10.3. The molecule has 0 saturated heterocycles. The second-order valence-electron chi connectivity index (χ2n) is 3.24. The zero-order chi connectivity index (χ0) is 10.1. The molecule has 0 bridgehead atoms. The molecule has 1 nitrogen and oxygen atoms in total. The third kappa shape index (κ3) is 5.63. The van der Waals surface area contributed by atoms with Crippen LogP contribution >= 0.6 is 15.9 Å². The average molecular weight is 254 g/mol. The van der Waals surface area contributed by atoms with Gasteiger partial charge in [-0.05, 0) is 19.3 Å². The fourth-order valence-electron chi connectivity index (χ4n) is 1.65. The van der Waals surface area contributed by atoms with E-state index in [1.165, 1.54) is 0 Å². The van der Waals surface area contributed by atoms with Crippen LogP contribution in [0.25, 0.3) is 0 Å². The van der Waals surface area contributed by atoms with Crippen LogP contribution < -0.4 is 0 Å². The first-order chi connectivity index (χ1) is 6.29. The van der Waals surface area contributed by atoms with Gasteiger partial charge in [-0.2, -0.15) is 0 Å². The summed E-state index contributed by atoms with van der Waals surface area (Å²) in [6, 6.07) is 0.629. The van der Waals surface area contributed by atoms with Crippen LogP contribution in [0.15, 0.2) is 0 Å². The van der Waals surface area contributed by atoms with Crippen LogP contribution in [-0.2, 0) is 0 Å². The van der Waals surface area contributed by atoms with Crippen molar-refractivity contribution in [1.29, 1.82) is 0 Å². The number of alkyl halides is 2. The summed E-state index contributed by atoms with van der Waals surface area (Å²) >= 11 is 3.43. The number of nitrogens with zero attached hydrogens (tertiary/aromatic N) is 1. The maximum Gasteiger partial charge on any atom is 0.0906 e. The Morgan fingerprint density at radius 3 is 2.23 bits per heavy atom. The predicted molar refractivity (Wildman–Crippen MR) is 60.3 cm³/mol. The number of halogens is 2. The summed E-state index contributed by atoms with van der Waals surface area (Å²) in [5.41, 5.74) is 0. The van der Waals surface area contributed by atoms with Crippen LogP contribution in [0.5, 0.6) is 0 Å². The minimum atomic E-state index is -0.196. The van der Waals surface area contributed by atoms with E-state index in [0.717, 1.165) is 31.3 Å². The predicted octanol–water partition coefficient (Wildman–Crippen LogP) is 3.23. The van der Waals surface area contributed by atoms with E-state index in [2.05, 4.69) is 34.7 Å².